The number of hydrogen-bond acceptors (Lipinski definition) is 5. The van der Waals surface area contributed by atoms with Crippen LogP contribution in [0.3, 0.4) is 0 Å². The number of ketones is 1. The molecule has 3 saturated carbocycles. The second-order valence-corrected chi connectivity index (χ2v) is 13.6. The van der Waals surface area contributed by atoms with Gasteiger partial charge in [0.15, 0.2) is 0 Å². The van der Waals surface area contributed by atoms with Gasteiger partial charge in [-0.15, -0.1) is 0 Å². The molecule has 4 aliphatic carbocycles. The minimum atomic E-state index is -1.10. The van der Waals surface area contributed by atoms with E-state index in [1.807, 2.05) is 0 Å². The third-order valence-corrected chi connectivity index (χ3v) is 10.9. The number of Topliss-reactive ketones (excluding diaryl/α,β-unsaturated/α-hetero) is 1. The minimum absolute atomic E-state index is 0.00884. The predicted molar refractivity (Wildman–Crippen MR) is 149 cm³/mol. The fourth-order valence-corrected chi connectivity index (χ4v) is 7.92. The Labute approximate surface area is 240 Å². The van der Waals surface area contributed by atoms with Gasteiger partial charge >= 0.3 is 0 Å². The van der Waals surface area contributed by atoms with E-state index in [0.29, 0.717) is 25.9 Å². The molecule has 5 fully saturated rings. The van der Waals surface area contributed by atoms with Gasteiger partial charge in [-0.25, -0.2) is 0 Å². The Morgan fingerprint density at radius 1 is 1.02 bits per heavy atom. The summed E-state index contributed by atoms with van der Waals surface area (Å²) in [5.74, 6) is -2.47. The number of piperidine rings is 1. The van der Waals surface area contributed by atoms with Gasteiger partial charge < -0.3 is 20.9 Å². The number of carbonyl (C=O) groups is 5. The predicted octanol–water partition coefficient (Wildman–Crippen LogP) is 1.91. The SMILES string of the molecule is O=C(NC1CC1)C(=O)[C@H](C[C@@H]1CCNC1=O)NC(=O)[C@@H]1CC2(CCN1C(=O)[C@@H]1C[C@]13CCCc1ccccc13)CC2. The minimum Gasteiger partial charge on any atom is -0.356 e. The van der Waals surface area contributed by atoms with Crippen molar-refractivity contribution in [2.45, 2.75) is 101 Å². The molecule has 0 bridgehead atoms. The molecular weight excluding hydrogens is 520 g/mol. The molecule has 2 heterocycles. The van der Waals surface area contributed by atoms with Crippen molar-refractivity contribution in [2.75, 3.05) is 13.1 Å². The molecule has 5 atom stereocenters. The van der Waals surface area contributed by atoms with Crippen molar-refractivity contribution in [3.05, 3.63) is 35.4 Å². The normalized spacial score (nSPS) is 31.7. The number of amides is 4. The van der Waals surface area contributed by atoms with Crippen LogP contribution in [0.2, 0.25) is 0 Å². The van der Waals surface area contributed by atoms with Crippen LogP contribution in [0.5, 0.6) is 0 Å². The summed E-state index contributed by atoms with van der Waals surface area (Å²) >= 11 is 0. The first-order valence-corrected chi connectivity index (χ1v) is 15.6. The molecule has 1 aromatic rings. The van der Waals surface area contributed by atoms with Crippen molar-refractivity contribution in [1.82, 2.24) is 20.9 Å². The average Bonchev–Trinajstić information content (AvgIpc) is 3.92. The molecule has 9 heteroatoms. The Balaban J connectivity index is 1.10. The Kier molecular flexibility index (Phi) is 6.47. The van der Waals surface area contributed by atoms with Gasteiger partial charge in [0.1, 0.15) is 6.04 Å². The first kappa shape index (κ1) is 26.7. The molecule has 41 heavy (non-hydrogen) atoms. The van der Waals surface area contributed by atoms with E-state index in [0.717, 1.165) is 57.8 Å². The highest BCUT2D eigenvalue weighted by atomic mass is 16.2. The molecule has 2 spiro atoms. The largest absolute Gasteiger partial charge is 0.356 e. The summed E-state index contributed by atoms with van der Waals surface area (Å²) in [6.45, 7) is 1.06. The molecule has 0 unspecified atom stereocenters. The van der Waals surface area contributed by atoms with Gasteiger partial charge in [-0.05, 0) is 93.6 Å². The fourth-order valence-electron chi connectivity index (χ4n) is 7.92. The van der Waals surface area contributed by atoms with E-state index < -0.39 is 29.7 Å². The van der Waals surface area contributed by atoms with E-state index in [9.17, 15) is 24.0 Å². The van der Waals surface area contributed by atoms with Crippen LogP contribution >= 0.6 is 0 Å². The molecule has 2 saturated heterocycles. The summed E-state index contributed by atoms with van der Waals surface area (Å²) in [5, 5.41) is 8.40. The van der Waals surface area contributed by atoms with Crippen LogP contribution in [0.15, 0.2) is 24.3 Å². The zero-order valence-electron chi connectivity index (χ0n) is 23.6. The molecule has 2 aliphatic heterocycles. The smallest absolute Gasteiger partial charge is 0.289 e. The van der Waals surface area contributed by atoms with Crippen molar-refractivity contribution in [2.24, 2.45) is 17.3 Å². The van der Waals surface area contributed by atoms with Crippen molar-refractivity contribution >= 4 is 29.4 Å². The van der Waals surface area contributed by atoms with Crippen LogP contribution in [-0.4, -0.2) is 65.5 Å². The lowest BCUT2D eigenvalue weighted by Crippen LogP contribution is -2.58. The molecule has 9 nitrogen and oxygen atoms in total. The second kappa shape index (κ2) is 9.95. The quantitative estimate of drug-likeness (QED) is 0.419. The maximum atomic E-state index is 14.1. The lowest BCUT2D eigenvalue weighted by molar-refractivity contribution is -0.147. The molecule has 1 aromatic carbocycles. The number of aryl methyl sites for hydroxylation is 1. The van der Waals surface area contributed by atoms with E-state index in [2.05, 4.69) is 40.2 Å². The van der Waals surface area contributed by atoms with Crippen molar-refractivity contribution in [3.8, 4) is 0 Å². The maximum Gasteiger partial charge on any atom is 0.289 e. The Hall–Kier alpha value is -3.23. The number of hydrogen-bond donors (Lipinski definition) is 3. The van der Waals surface area contributed by atoms with Crippen LogP contribution in [0, 0.1) is 17.3 Å². The molecule has 6 aliphatic rings. The molecule has 0 aromatic heterocycles. The Morgan fingerprint density at radius 2 is 1.83 bits per heavy atom. The lowest BCUT2D eigenvalue weighted by Gasteiger charge is -2.40. The van der Waals surface area contributed by atoms with Crippen LogP contribution < -0.4 is 16.0 Å². The first-order valence-electron chi connectivity index (χ1n) is 15.6. The van der Waals surface area contributed by atoms with Gasteiger partial charge in [0.05, 0.1) is 6.04 Å². The number of rotatable bonds is 8. The molecular formula is C32H40N4O5. The van der Waals surface area contributed by atoms with Crippen LogP contribution in [0.25, 0.3) is 0 Å². The summed E-state index contributed by atoms with van der Waals surface area (Å²) in [5.41, 5.74) is 2.59. The first-order chi connectivity index (χ1) is 19.8. The fraction of sp³-hybridized carbons (Fsp3) is 0.656. The number of carbonyl (C=O) groups excluding carboxylic acids is 5. The number of fused-ring (bicyclic) bond motifs is 2. The monoisotopic (exact) mass is 560 g/mol. The summed E-state index contributed by atoms with van der Waals surface area (Å²) < 4.78 is 0. The maximum absolute atomic E-state index is 14.1. The van der Waals surface area contributed by atoms with E-state index in [1.165, 1.54) is 11.1 Å². The van der Waals surface area contributed by atoms with Gasteiger partial charge in [0.2, 0.25) is 23.5 Å². The number of nitrogens with one attached hydrogen (secondary N) is 3. The highest BCUT2D eigenvalue weighted by molar-refractivity contribution is 6.38. The third-order valence-electron chi connectivity index (χ3n) is 10.9. The van der Waals surface area contributed by atoms with E-state index in [1.54, 1.807) is 4.90 Å². The molecule has 0 radical (unpaired) electrons. The van der Waals surface area contributed by atoms with E-state index >= 15 is 0 Å². The van der Waals surface area contributed by atoms with Crippen LogP contribution in [0.1, 0.15) is 81.8 Å². The van der Waals surface area contributed by atoms with E-state index in [4.69, 9.17) is 0 Å². The topological polar surface area (TPSA) is 125 Å². The van der Waals surface area contributed by atoms with E-state index in [-0.39, 0.29) is 46.9 Å². The summed E-state index contributed by atoms with van der Waals surface area (Å²) in [6, 6.07) is 6.70. The van der Waals surface area contributed by atoms with Crippen molar-refractivity contribution in [1.29, 1.82) is 0 Å². The molecule has 4 amide bonds. The zero-order chi connectivity index (χ0) is 28.4. The second-order valence-electron chi connectivity index (χ2n) is 13.6. The van der Waals surface area contributed by atoms with Gasteiger partial charge in [0.25, 0.3) is 5.91 Å². The summed E-state index contributed by atoms with van der Waals surface area (Å²) in [6.07, 6.45) is 9.82. The van der Waals surface area contributed by atoms with Gasteiger partial charge in [-0.3, -0.25) is 24.0 Å². The Morgan fingerprint density at radius 3 is 2.56 bits per heavy atom. The number of nitrogens with zero attached hydrogens (tertiary/aromatic N) is 1. The molecule has 218 valence electrons. The van der Waals surface area contributed by atoms with Gasteiger partial charge in [-0.2, -0.15) is 0 Å². The van der Waals surface area contributed by atoms with Gasteiger partial charge in [0, 0.05) is 36.4 Å². The van der Waals surface area contributed by atoms with Crippen molar-refractivity contribution < 1.29 is 24.0 Å². The highest BCUT2D eigenvalue weighted by Gasteiger charge is 2.62. The van der Waals surface area contributed by atoms with Crippen LogP contribution in [0.4, 0.5) is 0 Å². The molecule has 7 rings (SSSR count). The van der Waals surface area contributed by atoms with Gasteiger partial charge in [-0.1, -0.05) is 24.3 Å². The highest BCUT2D eigenvalue weighted by Crippen LogP contribution is 2.62. The molecule has 3 N–H and O–H groups in total. The Bertz CT molecular complexity index is 1300. The lowest BCUT2D eigenvalue weighted by atomic mass is 9.78. The number of benzene rings is 1. The third kappa shape index (κ3) is 4.95. The summed E-state index contributed by atoms with van der Waals surface area (Å²) in [4.78, 5) is 68.2. The average molecular weight is 561 g/mol. The number of likely N-dealkylation sites (tertiary alicyclic amines) is 1. The van der Waals surface area contributed by atoms with Crippen LogP contribution in [-0.2, 0) is 35.8 Å². The summed E-state index contributed by atoms with van der Waals surface area (Å²) in [7, 11) is 0. The standard InChI is InChI=1S/C32H40N4O5/c37-26(29(40)34-21-7-8-21)24(16-20-9-14-33-27(20)38)35-28(39)25-18-31(11-12-31)13-15-36(25)30(41)23-17-32(23)10-3-5-19-4-1-2-6-22(19)32/h1-2,4,6,20-21,23-25H,3,5,7-18H2,(H,33,38)(H,34,40)(H,35,39)/t20-,23-,24-,25-,32-/m0/s1. The van der Waals surface area contributed by atoms with Crippen molar-refractivity contribution in [3.63, 3.8) is 0 Å². The zero-order valence-corrected chi connectivity index (χ0v) is 23.6.